The molecule has 1 aromatic heterocycles. The van der Waals surface area contributed by atoms with Crippen molar-refractivity contribution in [3.05, 3.63) is 47.8 Å². The van der Waals surface area contributed by atoms with Gasteiger partial charge in [-0.3, -0.25) is 4.68 Å². The highest BCUT2D eigenvalue weighted by molar-refractivity contribution is 9.08. The third-order valence-electron chi connectivity index (χ3n) is 2.60. The van der Waals surface area contributed by atoms with Crippen LogP contribution in [0.3, 0.4) is 0 Å². The summed E-state index contributed by atoms with van der Waals surface area (Å²) in [5, 5.41) is 4.98. The maximum Gasteiger partial charge on any atom is 0.119 e. The van der Waals surface area contributed by atoms with Gasteiger partial charge in [-0.1, -0.05) is 28.1 Å². The molecule has 90 valence electrons. The van der Waals surface area contributed by atoms with Crippen LogP contribution in [-0.2, 0) is 18.8 Å². The van der Waals surface area contributed by atoms with Crippen molar-refractivity contribution in [2.75, 3.05) is 6.61 Å². The lowest BCUT2D eigenvalue weighted by Gasteiger charge is -2.07. The van der Waals surface area contributed by atoms with Gasteiger partial charge in [0.1, 0.15) is 5.75 Å². The van der Waals surface area contributed by atoms with Gasteiger partial charge >= 0.3 is 0 Å². The monoisotopic (exact) mass is 294 g/mol. The predicted molar refractivity (Wildman–Crippen MR) is 71.5 cm³/mol. The first kappa shape index (κ1) is 12.2. The zero-order chi connectivity index (χ0) is 12.1. The summed E-state index contributed by atoms with van der Waals surface area (Å²) < 4.78 is 7.59. The second-order valence-corrected chi connectivity index (χ2v) is 4.39. The molecule has 0 aliphatic rings. The predicted octanol–water partition coefficient (Wildman–Crippen LogP) is 2.94. The minimum Gasteiger partial charge on any atom is -0.493 e. The molecule has 4 heteroatoms. The van der Waals surface area contributed by atoms with E-state index in [1.54, 1.807) is 6.20 Å². The highest BCUT2D eigenvalue weighted by atomic mass is 79.9. The molecular weight excluding hydrogens is 280 g/mol. The van der Waals surface area contributed by atoms with Crippen LogP contribution in [0, 0.1) is 0 Å². The number of benzene rings is 1. The lowest BCUT2D eigenvalue weighted by Crippen LogP contribution is -2.06. The van der Waals surface area contributed by atoms with Gasteiger partial charge in [0.15, 0.2) is 0 Å². The van der Waals surface area contributed by atoms with Crippen molar-refractivity contribution in [1.29, 1.82) is 0 Å². The van der Waals surface area contributed by atoms with Crippen molar-refractivity contribution < 1.29 is 4.74 Å². The van der Waals surface area contributed by atoms with Crippen molar-refractivity contribution in [2.24, 2.45) is 7.05 Å². The second-order valence-electron chi connectivity index (χ2n) is 3.83. The van der Waals surface area contributed by atoms with Gasteiger partial charge in [-0.25, -0.2) is 0 Å². The summed E-state index contributed by atoms with van der Waals surface area (Å²) in [6.45, 7) is 0.672. The van der Waals surface area contributed by atoms with E-state index in [9.17, 15) is 0 Å². The van der Waals surface area contributed by atoms with E-state index in [4.69, 9.17) is 4.74 Å². The molecule has 0 unspecified atom stereocenters. The van der Waals surface area contributed by atoms with Gasteiger partial charge in [-0.05, 0) is 23.8 Å². The van der Waals surface area contributed by atoms with Crippen molar-refractivity contribution in [1.82, 2.24) is 9.78 Å². The molecule has 0 spiro atoms. The van der Waals surface area contributed by atoms with E-state index in [2.05, 4.69) is 33.2 Å². The van der Waals surface area contributed by atoms with Crippen LogP contribution in [0.25, 0.3) is 0 Å². The Bertz CT molecular complexity index is 482. The van der Waals surface area contributed by atoms with Crippen LogP contribution in [0.15, 0.2) is 36.5 Å². The van der Waals surface area contributed by atoms with E-state index in [-0.39, 0.29) is 0 Å². The fourth-order valence-electron chi connectivity index (χ4n) is 1.64. The molecule has 3 nitrogen and oxygen atoms in total. The number of aryl methyl sites for hydroxylation is 1. The van der Waals surface area contributed by atoms with Crippen LogP contribution in [0.5, 0.6) is 5.75 Å². The average molecular weight is 295 g/mol. The van der Waals surface area contributed by atoms with Crippen molar-refractivity contribution >= 4 is 15.9 Å². The van der Waals surface area contributed by atoms with E-state index in [1.807, 2.05) is 29.9 Å². The summed E-state index contributed by atoms with van der Waals surface area (Å²) in [5.41, 5.74) is 2.41. The maximum absolute atomic E-state index is 5.71. The fourth-order valence-corrected chi connectivity index (χ4v) is 1.99. The van der Waals surface area contributed by atoms with Gasteiger partial charge in [0.25, 0.3) is 0 Å². The summed E-state index contributed by atoms with van der Waals surface area (Å²) in [6.07, 6.45) is 2.68. The molecule has 2 aromatic rings. The smallest absolute Gasteiger partial charge is 0.119 e. The van der Waals surface area contributed by atoms with Crippen LogP contribution >= 0.6 is 15.9 Å². The molecule has 0 radical (unpaired) electrons. The first-order valence-electron chi connectivity index (χ1n) is 5.54. The molecule has 0 N–H and O–H groups in total. The van der Waals surface area contributed by atoms with Crippen molar-refractivity contribution in [2.45, 2.75) is 11.8 Å². The van der Waals surface area contributed by atoms with E-state index < -0.39 is 0 Å². The first-order valence-corrected chi connectivity index (χ1v) is 6.66. The van der Waals surface area contributed by atoms with Crippen LogP contribution in [-0.4, -0.2) is 16.4 Å². The summed E-state index contributed by atoms with van der Waals surface area (Å²) in [6, 6.07) is 10.1. The molecule has 1 aromatic carbocycles. The molecule has 0 saturated carbocycles. The number of rotatable bonds is 5. The number of aromatic nitrogens is 2. The zero-order valence-corrected chi connectivity index (χ0v) is 11.4. The third kappa shape index (κ3) is 3.33. The molecule has 0 amide bonds. The second kappa shape index (κ2) is 5.87. The highest BCUT2D eigenvalue weighted by Gasteiger charge is 2.00. The van der Waals surface area contributed by atoms with Crippen LogP contribution in [0.4, 0.5) is 0 Å². The number of hydrogen-bond acceptors (Lipinski definition) is 2. The van der Waals surface area contributed by atoms with E-state index in [0.29, 0.717) is 6.61 Å². The van der Waals surface area contributed by atoms with Gasteiger partial charge in [0, 0.05) is 30.7 Å². The van der Waals surface area contributed by atoms with Crippen LogP contribution < -0.4 is 4.74 Å². The average Bonchev–Trinajstić information content (AvgIpc) is 2.76. The van der Waals surface area contributed by atoms with Gasteiger partial charge in [0.05, 0.1) is 6.61 Å². The Morgan fingerprint density at radius 1 is 1.35 bits per heavy atom. The Hall–Kier alpha value is -1.29. The molecule has 0 fully saturated rings. The number of hydrogen-bond donors (Lipinski definition) is 0. The third-order valence-corrected chi connectivity index (χ3v) is 3.25. The zero-order valence-electron chi connectivity index (χ0n) is 9.77. The number of alkyl halides is 1. The van der Waals surface area contributed by atoms with Gasteiger partial charge < -0.3 is 4.74 Å². The standard InChI is InChI=1S/C13H15BrN2O/c1-16-12(5-7-15-16)6-8-17-13-4-2-3-11(9-13)10-14/h2-5,7,9H,6,8,10H2,1H3. The molecule has 0 aliphatic carbocycles. The van der Waals surface area contributed by atoms with Crippen LogP contribution in [0.1, 0.15) is 11.3 Å². The Morgan fingerprint density at radius 3 is 2.94 bits per heavy atom. The Labute approximate surface area is 110 Å². The summed E-state index contributed by atoms with van der Waals surface area (Å²) in [4.78, 5) is 0. The topological polar surface area (TPSA) is 27.1 Å². The number of ether oxygens (including phenoxy) is 1. The van der Waals surface area contributed by atoms with E-state index >= 15 is 0 Å². The molecule has 17 heavy (non-hydrogen) atoms. The number of nitrogens with zero attached hydrogens (tertiary/aromatic N) is 2. The highest BCUT2D eigenvalue weighted by Crippen LogP contribution is 2.15. The lowest BCUT2D eigenvalue weighted by atomic mass is 10.2. The van der Waals surface area contributed by atoms with E-state index in [0.717, 1.165) is 17.5 Å². The number of halogens is 1. The molecule has 1 heterocycles. The maximum atomic E-state index is 5.71. The molecule has 0 saturated heterocycles. The molecule has 2 rings (SSSR count). The molecule has 0 atom stereocenters. The normalized spacial score (nSPS) is 10.5. The van der Waals surface area contributed by atoms with Gasteiger partial charge in [-0.15, -0.1) is 0 Å². The van der Waals surface area contributed by atoms with Crippen molar-refractivity contribution in [3.63, 3.8) is 0 Å². The summed E-state index contributed by atoms with van der Waals surface area (Å²) in [5.74, 6) is 0.920. The Balaban J connectivity index is 1.87. The molecule has 0 aliphatic heterocycles. The van der Waals surface area contributed by atoms with Crippen LogP contribution in [0.2, 0.25) is 0 Å². The fraction of sp³-hybridized carbons (Fsp3) is 0.308. The minimum atomic E-state index is 0.672. The van der Waals surface area contributed by atoms with Gasteiger partial charge in [0.2, 0.25) is 0 Å². The summed E-state index contributed by atoms with van der Waals surface area (Å²) >= 11 is 3.43. The largest absolute Gasteiger partial charge is 0.493 e. The van der Waals surface area contributed by atoms with E-state index in [1.165, 1.54) is 11.3 Å². The molecule has 0 bridgehead atoms. The summed E-state index contributed by atoms with van der Waals surface area (Å²) in [7, 11) is 1.95. The minimum absolute atomic E-state index is 0.672. The van der Waals surface area contributed by atoms with Gasteiger partial charge in [-0.2, -0.15) is 5.10 Å². The quantitative estimate of drug-likeness (QED) is 0.793. The van der Waals surface area contributed by atoms with Crippen molar-refractivity contribution in [3.8, 4) is 5.75 Å². The first-order chi connectivity index (χ1) is 8.29. The SMILES string of the molecule is Cn1nccc1CCOc1cccc(CBr)c1. The Morgan fingerprint density at radius 2 is 2.24 bits per heavy atom. The lowest BCUT2D eigenvalue weighted by molar-refractivity contribution is 0.318. The Kier molecular flexibility index (Phi) is 4.20. The molecular formula is C13H15BrN2O.